The fourth-order valence-electron chi connectivity index (χ4n) is 1.79. The van der Waals surface area contributed by atoms with Crippen molar-refractivity contribution in [3.8, 4) is 5.75 Å². The zero-order valence-corrected chi connectivity index (χ0v) is 10.1. The molecule has 0 fully saturated rings. The number of hydrogen-bond donors (Lipinski definition) is 2. The van der Waals surface area contributed by atoms with Gasteiger partial charge in [0, 0.05) is 5.56 Å². The first kappa shape index (κ1) is 13.1. The molecule has 1 heterocycles. The van der Waals surface area contributed by atoms with Crippen LogP contribution in [0, 0.1) is 5.82 Å². The number of fused-ring (bicyclic) bond motifs is 1. The van der Waals surface area contributed by atoms with E-state index in [9.17, 15) is 14.0 Å². The number of nitrogens with one attached hydrogen (secondary N) is 2. The third-order valence-corrected chi connectivity index (χ3v) is 2.70. The minimum Gasteiger partial charge on any atom is -0.491 e. The highest BCUT2D eigenvalue weighted by molar-refractivity contribution is 5.90. The quantitative estimate of drug-likeness (QED) is 0.786. The number of halogens is 1. The predicted octanol–water partition coefficient (Wildman–Crippen LogP) is 0.678. The third-order valence-electron chi connectivity index (χ3n) is 2.70. The van der Waals surface area contributed by atoms with Crippen LogP contribution in [-0.2, 0) is 9.59 Å². The van der Waals surface area contributed by atoms with E-state index in [1.54, 1.807) is 0 Å². The van der Waals surface area contributed by atoms with Gasteiger partial charge in [-0.2, -0.15) is 0 Å². The monoisotopic (exact) mass is 264 g/mol. The average Bonchev–Trinajstić information content (AvgIpc) is 2.78. The molecule has 5 nitrogen and oxygen atoms in total. The first-order chi connectivity index (χ1) is 9.10. The van der Waals surface area contributed by atoms with E-state index in [4.69, 9.17) is 4.74 Å². The van der Waals surface area contributed by atoms with Crippen LogP contribution in [0.25, 0.3) is 0 Å². The molecule has 0 bridgehead atoms. The van der Waals surface area contributed by atoms with Crippen molar-refractivity contribution >= 4 is 11.8 Å². The Bertz CT molecular complexity index is 531. The second-order valence-corrected chi connectivity index (χ2v) is 4.04. The Hall–Kier alpha value is -2.37. The van der Waals surface area contributed by atoms with Crippen molar-refractivity contribution in [2.75, 3.05) is 13.2 Å². The molecule has 19 heavy (non-hydrogen) atoms. The van der Waals surface area contributed by atoms with Crippen LogP contribution >= 0.6 is 0 Å². The Morgan fingerprint density at radius 1 is 1.53 bits per heavy atom. The van der Waals surface area contributed by atoms with Gasteiger partial charge >= 0.3 is 0 Å². The minimum atomic E-state index is -0.427. The largest absolute Gasteiger partial charge is 0.491 e. The molecule has 0 aliphatic carbocycles. The zero-order valence-electron chi connectivity index (χ0n) is 10.1. The minimum absolute atomic E-state index is 0.161. The number of rotatable bonds is 4. The lowest BCUT2D eigenvalue weighted by Crippen LogP contribution is -2.38. The molecular formula is C13H13FN2O3. The molecule has 0 saturated carbocycles. The molecule has 1 aliphatic rings. The van der Waals surface area contributed by atoms with E-state index in [2.05, 4.69) is 17.2 Å². The van der Waals surface area contributed by atoms with Crippen molar-refractivity contribution in [3.63, 3.8) is 0 Å². The van der Waals surface area contributed by atoms with Crippen molar-refractivity contribution in [3.05, 3.63) is 42.2 Å². The van der Waals surface area contributed by atoms with Crippen LogP contribution in [0.15, 0.2) is 30.9 Å². The average molecular weight is 264 g/mol. The standard InChI is InChI=1S/C13H13FN2O3/c1-2-12(17)15-6-13(18)16-10-7-19-11-4-3-8(14)5-9(10)11/h2-5,10H,1,6-7H2,(H,15,17)(H,16,18). The lowest BCUT2D eigenvalue weighted by Gasteiger charge is -2.11. The summed E-state index contributed by atoms with van der Waals surface area (Å²) in [5, 5.41) is 5.02. The highest BCUT2D eigenvalue weighted by Gasteiger charge is 2.25. The van der Waals surface area contributed by atoms with Crippen molar-refractivity contribution in [1.82, 2.24) is 10.6 Å². The number of benzene rings is 1. The highest BCUT2D eigenvalue weighted by Crippen LogP contribution is 2.32. The Labute approximate surface area is 109 Å². The van der Waals surface area contributed by atoms with Gasteiger partial charge in [0.2, 0.25) is 11.8 Å². The molecule has 1 aromatic carbocycles. The summed E-state index contributed by atoms with van der Waals surface area (Å²) in [4.78, 5) is 22.5. The van der Waals surface area contributed by atoms with Crippen molar-refractivity contribution in [2.24, 2.45) is 0 Å². The van der Waals surface area contributed by atoms with Gasteiger partial charge in [0.05, 0.1) is 12.6 Å². The molecule has 0 aromatic heterocycles. The first-order valence-electron chi connectivity index (χ1n) is 5.72. The number of carbonyl (C=O) groups is 2. The van der Waals surface area contributed by atoms with Gasteiger partial charge in [0.1, 0.15) is 18.2 Å². The molecule has 1 aliphatic heterocycles. The third kappa shape index (κ3) is 3.09. The summed E-state index contributed by atoms with van der Waals surface area (Å²) in [5.41, 5.74) is 0.600. The van der Waals surface area contributed by atoms with E-state index in [0.29, 0.717) is 11.3 Å². The lowest BCUT2D eigenvalue weighted by atomic mass is 10.1. The maximum Gasteiger partial charge on any atom is 0.243 e. The van der Waals surface area contributed by atoms with Crippen LogP contribution in [-0.4, -0.2) is 25.0 Å². The maximum atomic E-state index is 13.1. The molecule has 100 valence electrons. The summed E-state index contributed by atoms with van der Waals surface area (Å²) < 4.78 is 18.5. The highest BCUT2D eigenvalue weighted by atomic mass is 19.1. The summed E-state index contributed by atoms with van der Waals surface area (Å²) >= 11 is 0. The summed E-state index contributed by atoms with van der Waals surface area (Å²) in [6, 6.07) is 3.75. The second kappa shape index (κ2) is 5.51. The lowest BCUT2D eigenvalue weighted by molar-refractivity contribution is -0.124. The zero-order chi connectivity index (χ0) is 13.8. The SMILES string of the molecule is C=CC(=O)NCC(=O)NC1COc2ccc(F)cc21. The molecule has 1 atom stereocenters. The fourth-order valence-corrected chi connectivity index (χ4v) is 1.79. The van der Waals surface area contributed by atoms with Gasteiger partial charge in [-0.15, -0.1) is 0 Å². The second-order valence-electron chi connectivity index (χ2n) is 4.04. The molecule has 0 saturated heterocycles. The van der Waals surface area contributed by atoms with Crippen LogP contribution in [0.3, 0.4) is 0 Å². The molecule has 0 radical (unpaired) electrons. The van der Waals surface area contributed by atoms with Gasteiger partial charge in [0.15, 0.2) is 0 Å². The van der Waals surface area contributed by atoms with E-state index >= 15 is 0 Å². The summed E-state index contributed by atoms with van der Waals surface area (Å²) in [6.07, 6.45) is 1.08. The van der Waals surface area contributed by atoms with Gasteiger partial charge in [-0.1, -0.05) is 6.58 Å². The Balaban J connectivity index is 1.95. The summed E-state index contributed by atoms with van der Waals surface area (Å²) in [7, 11) is 0. The van der Waals surface area contributed by atoms with E-state index in [-0.39, 0.29) is 24.9 Å². The Morgan fingerprint density at radius 2 is 2.32 bits per heavy atom. The number of carbonyl (C=O) groups excluding carboxylic acids is 2. The van der Waals surface area contributed by atoms with Crippen LogP contribution < -0.4 is 15.4 Å². The van der Waals surface area contributed by atoms with Gasteiger partial charge < -0.3 is 15.4 Å². The summed E-state index contributed by atoms with van der Waals surface area (Å²) in [6.45, 7) is 3.37. The van der Waals surface area contributed by atoms with Crippen LogP contribution in [0.1, 0.15) is 11.6 Å². The molecule has 1 unspecified atom stereocenters. The van der Waals surface area contributed by atoms with E-state index in [1.165, 1.54) is 18.2 Å². The summed E-state index contributed by atoms with van der Waals surface area (Å²) in [5.74, 6) is -0.629. The first-order valence-corrected chi connectivity index (χ1v) is 5.72. The Kier molecular flexibility index (Phi) is 3.79. The van der Waals surface area contributed by atoms with E-state index in [0.717, 1.165) is 6.08 Å². The van der Waals surface area contributed by atoms with E-state index in [1.807, 2.05) is 0 Å². The van der Waals surface area contributed by atoms with Crippen molar-refractivity contribution in [2.45, 2.75) is 6.04 Å². The fraction of sp³-hybridized carbons (Fsp3) is 0.231. The molecule has 2 N–H and O–H groups in total. The van der Waals surface area contributed by atoms with E-state index < -0.39 is 11.9 Å². The molecule has 1 aromatic rings. The molecule has 0 spiro atoms. The smallest absolute Gasteiger partial charge is 0.243 e. The molecule has 2 amide bonds. The topological polar surface area (TPSA) is 67.4 Å². The molecule has 6 heteroatoms. The van der Waals surface area contributed by atoms with Crippen molar-refractivity contribution in [1.29, 1.82) is 0 Å². The van der Waals surface area contributed by atoms with Gasteiger partial charge in [-0.3, -0.25) is 9.59 Å². The van der Waals surface area contributed by atoms with Gasteiger partial charge in [-0.25, -0.2) is 4.39 Å². The predicted molar refractivity (Wildman–Crippen MR) is 66.0 cm³/mol. The van der Waals surface area contributed by atoms with Gasteiger partial charge in [-0.05, 0) is 24.3 Å². The number of hydrogen-bond acceptors (Lipinski definition) is 3. The normalized spacial score (nSPS) is 16.2. The van der Waals surface area contributed by atoms with Gasteiger partial charge in [0.25, 0.3) is 0 Å². The maximum absolute atomic E-state index is 13.1. The number of ether oxygens (including phenoxy) is 1. The van der Waals surface area contributed by atoms with Crippen molar-refractivity contribution < 1.29 is 18.7 Å². The Morgan fingerprint density at radius 3 is 3.05 bits per heavy atom. The van der Waals surface area contributed by atoms with Crippen LogP contribution in [0.5, 0.6) is 5.75 Å². The van der Waals surface area contributed by atoms with Crippen LogP contribution in [0.2, 0.25) is 0 Å². The molecule has 2 rings (SSSR count). The number of amides is 2. The van der Waals surface area contributed by atoms with Crippen LogP contribution in [0.4, 0.5) is 4.39 Å². The molecular weight excluding hydrogens is 251 g/mol.